The van der Waals surface area contributed by atoms with Crippen molar-refractivity contribution in [2.75, 3.05) is 7.05 Å². The molecule has 0 aliphatic rings. The number of aromatic nitrogens is 2. The first kappa shape index (κ1) is 16.5. The molecular formula is C18H16ClN3OS. The molecular weight excluding hydrogens is 342 g/mol. The Morgan fingerprint density at radius 2 is 1.83 bits per heavy atom. The smallest absolute Gasteiger partial charge is 0.272 e. The van der Waals surface area contributed by atoms with Gasteiger partial charge in [0, 0.05) is 30.5 Å². The Kier molecular flexibility index (Phi) is 4.83. The predicted octanol–water partition coefficient (Wildman–Crippen LogP) is 4.46. The maximum Gasteiger partial charge on any atom is 0.272 e. The Labute approximate surface area is 150 Å². The summed E-state index contributed by atoms with van der Waals surface area (Å²) in [7, 11) is 1.77. The number of halogens is 1. The van der Waals surface area contributed by atoms with E-state index in [1.807, 2.05) is 54.6 Å². The van der Waals surface area contributed by atoms with Crippen LogP contribution in [-0.2, 0) is 6.54 Å². The van der Waals surface area contributed by atoms with Gasteiger partial charge in [-0.2, -0.15) is 0 Å². The van der Waals surface area contributed by atoms with Crippen LogP contribution in [0.25, 0.3) is 5.69 Å². The van der Waals surface area contributed by atoms with Crippen molar-refractivity contribution in [2.45, 2.75) is 6.54 Å². The van der Waals surface area contributed by atoms with Crippen LogP contribution in [-0.4, -0.2) is 27.4 Å². The number of benzene rings is 2. The Morgan fingerprint density at radius 3 is 2.50 bits per heavy atom. The molecule has 0 saturated carbocycles. The zero-order chi connectivity index (χ0) is 17.1. The third-order valence-corrected chi connectivity index (χ3v) is 4.24. The molecule has 0 aliphatic heterocycles. The standard InChI is InChI=1S/C18H16ClN3OS/c1-21(12-13-7-9-14(19)10-8-13)17(23)16-11-20-18(24)22(16)15-5-3-2-4-6-15/h2-11H,12H2,1H3,(H,20,24). The summed E-state index contributed by atoms with van der Waals surface area (Å²) < 4.78 is 2.24. The van der Waals surface area contributed by atoms with E-state index in [0.29, 0.717) is 22.0 Å². The van der Waals surface area contributed by atoms with Gasteiger partial charge in [0.2, 0.25) is 0 Å². The third kappa shape index (κ3) is 3.42. The number of para-hydroxylation sites is 1. The average molecular weight is 358 g/mol. The number of carbonyl (C=O) groups excluding carboxylic acids is 1. The van der Waals surface area contributed by atoms with Gasteiger partial charge in [0.1, 0.15) is 5.69 Å². The van der Waals surface area contributed by atoms with Crippen LogP contribution >= 0.6 is 23.8 Å². The lowest BCUT2D eigenvalue weighted by atomic mass is 10.2. The molecule has 3 aromatic rings. The van der Waals surface area contributed by atoms with Crippen LogP contribution in [0.15, 0.2) is 60.8 Å². The normalized spacial score (nSPS) is 10.6. The summed E-state index contributed by atoms with van der Waals surface area (Å²) in [5, 5.41) is 0.677. The van der Waals surface area contributed by atoms with Crippen molar-refractivity contribution >= 4 is 29.7 Å². The van der Waals surface area contributed by atoms with Gasteiger partial charge in [0.25, 0.3) is 5.91 Å². The second-order valence-electron chi connectivity index (χ2n) is 5.44. The molecule has 0 atom stereocenters. The van der Waals surface area contributed by atoms with Crippen LogP contribution in [0, 0.1) is 4.77 Å². The first-order valence-corrected chi connectivity index (χ1v) is 8.20. The molecule has 6 heteroatoms. The zero-order valence-corrected chi connectivity index (χ0v) is 14.6. The van der Waals surface area contributed by atoms with E-state index in [1.54, 1.807) is 22.7 Å². The average Bonchev–Trinajstić information content (AvgIpc) is 2.98. The highest BCUT2D eigenvalue weighted by atomic mass is 35.5. The molecule has 0 bridgehead atoms. The summed E-state index contributed by atoms with van der Waals surface area (Å²) in [6, 6.07) is 17.0. The molecule has 4 nitrogen and oxygen atoms in total. The monoisotopic (exact) mass is 357 g/mol. The van der Waals surface area contributed by atoms with E-state index in [1.165, 1.54) is 0 Å². The Bertz CT molecular complexity index is 900. The van der Waals surface area contributed by atoms with E-state index in [-0.39, 0.29) is 5.91 Å². The van der Waals surface area contributed by atoms with E-state index in [2.05, 4.69) is 4.98 Å². The molecule has 24 heavy (non-hydrogen) atoms. The van der Waals surface area contributed by atoms with E-state index in [9.17, 15) is 4.79 Å². The van der Waals surface area contributed by atoms with Crippen LogP contribution in [0.3, 0.4) is 0 Å². The fourth-order valence-electron chi connectivity index (χ4n) is 2.49. The second kappa shape index (κ2) is 7.03. The van der Waals surface area contributed by atoms with Crippen molar-refractivity contribution in [1.29, 1.82) is 0 Å². The maximum absolute atomic E-state index is 12.8. The second-order valence-corrected chi connectivity index (χ2v) is 6.26. The quantitative estimate of drug-likeness (QED) is 0.700. The van der Waals surface area contributed by atoms with Gasteiger partial charge in [-0.3, -0.25) is 9.36 Å². The zero-order valence-electron chi connectivity index (χ0n) is 13.1. The number of nitrogens with zero attached hydrogens (tertiary/aromatic N) is 2. The fraction of sp³-hybridized carbons (Fsp3) is 0.111. The van der Waals surface area contributed by atoms with Gasteiger partial charge >= 0.3 is 0 Å². The molecule has 0 fully saturated rings. The molecule has 0 saturated heterocycles. The number of amides is 1. The van der Waals surface area contributed by atoms with Crippen molar-refractivity contribution in [1.82, 2.24) is 14.5 Å². The van der Waals surface area contributed by atoms with Gasteiger partial charge in [-0.25, -0.2) is 0 Å². The molecule has 0 spiro atoms. The lowest BCUT2D eigenvalue weighted by molar-refractivity contribution is 0.0777. The number of H-pyrrole nitrogens is 1. The SMILES string of the molecule is CN(Cc1ccc(Cl)cc1)C(=O)c1c[nH]c(=S)n1-c1ccccc1. The summed E-state index contributed by atoms with van der Waals surface area (Å²) >= 11 is 11.2. The molecule has 2 aromatic carbocycles. The van der Waals surface area contributed by atoms with Gasteiger partial charge in [0.15, 0.2) is 4.77 Å². The molecule has 1 heterocycles. The third-order valence-electron chi connectivity index (χ3n) is 3.69. The summed E-state index contributed by atoms with van der Waals surface area (Å²) in [6.07, 6.45) is 1.65. The van der Waals surface area contributed by atoms with Crippen molar-refractivity contribution in [3.05, 3.63) is 81.8 Å². The van der Waals surface area contributed by atoms with Crippen molar-refractivity contribution in [3.8, 4) is 5.69 Å². The predicted molar refractivity (Wildman–Crippen MR) is 98.2 cm³/mol. The lowest BCUT2D eigenvalue weighted by Gasteiger charge is -2.18. The number of carbonyl (C=O) groups is 1. The summed E-state index contributed by atoms with van der Waals surface area (Å²) in [5.41, 5.74) is 2.37. The minimum Gasteiger partial charge on any atom is -0.336 e. The van der Waals surface area contributed by atoms with Crippen LogP contribution in [0.1, 0.15) is 16.1 Å². The molecule has 1 N–H and O–H groups in total. The molecule has 3 rings (SSSR count). The van der Waals surface area contributed by atoms with Crippen LogP contribution in [0.2, 0.25) is 5.02 Å². The molecule has 0 radical (unpaired) electrons. The molecule has 122 valence electrons. The molecule has 0 aliphatic carbocycles. The lowest BCUT2D eigenvalue weighted by Crippen LogP contribution is -2.28. The van der Waals surface area contributed by atoms with Crippen molar-refractivity contribution < 1.29 is 4.79 Å². The summed E-state index contributed by atoms with van der Waals surface area (Å²) in [4.78, 5) is 17.4. The van der Waals surface area contributed by atoms with Crippen LogP contribution in [0.5, 0.6) is 0 Å². The summed E-state index contributed by atoms with van der Waals surface area (Å²) in [5.74, 6) is -0.110. The first-order valence-electron chi connectivity index (χ1n) is 7.42. The molecule has 0 unspecified atom stereocenters. The minimum atomic E-state index is -0.110. The Balaban J connectivity index is 1.88. The van der Waals surface area contributed by atoms with Crippen LogP contribution < -0.4 is 0 Å². The number of nitrogens with one attached hydrogen (secondary N) is 1. The van der Waals surface area contributed by atoms with E-state index in [4.69, 9.17) is 23.8 Å². The first-order chi connectivity index (χ1) is 11.6. The Morgan fingerprint density at radius 1 is 1.17 bits per heavy atom. The van der Waals surface area contributed by atoms with Gasteiger partial charge in [-0.05, 0) is 42.0 Å². The number of rotatable bonds is 4. The Hall–Kier alpha value is -2.37. The fourth-order valence-corrected chi connectivity index (χ4v) is 2.88. The molecule has 1 amide bonds. The molecule has 1 aromatic heterocycles. The summed E-state index contributed by atoms with van der Waals surface area (Å²) in [6.45, 7) is 0.489. The largest absolute Gasteiger partial charge is 0.336 e. The number of imidazole rings is 1. The van der Waals surface area contributed by atoms with E-state index < -0.39 is 0 Å². The maximum atomic E-state index is 12.8. The number of hydrogen-bond donors (Lipinski definition) is 1. The van der Waals surface area contributed by atoms with Gasteiger partial charge in [0.05, 0.1) is 0 Å². The van der Waals surface area contributed by atoms with Crippen molar-refractivity contribution in [3.63, 3.8) is 0 Å². The van der Waals surface area contributed by atoms with Gasteiger partial charge in [-0.1, -0.05) is 41.9 Å². The minimum absolute atomic E-state index is 0.110. The van der Waals surface area contributed by atoms with Gasteiger partial charge in [-0.15, -0.1) is 0 Å². The number of hydrogen-bond acceptors (Lipinski definition) is 2. The van der Waals surface area contributed by atoms with Crippen LogP contribution in [0.4, 0.5) is 0 Å². The van der Waals surface area contributed by atoms with Crippen molar-refractivity contribution in [2.24, 2.45) is 0 Å². The van der Waals surface area contributed by atoms with E-state index in [0.717, 1.165) is 11.3 Å². The highest BCUT2D eigenvalue weighted by Gasteiger charge is 2.18. The number of aromatic amines is 1. The highest BCUT2D eigenvalue weighted by Crippen LogP contribution is 2.16. The topological polar surface area (TPSA) is 41.0 Å². The highest BCUT2D eigenvalue weighted by molar-refractivity contribution is 7.71. The van der Waals surface area contributed by atoms with E-state index >= 15 is 0 Å². The van der Waals surface area contributed by atoms with Gasteiger partial charge < -0.3 is 9.88 Å².